The molecule has 0 N–H and O–H groups in total. The van der Waals surface area contributed by atoms with E-state index in [1.54, 1.807) is 4.90 Å². The molecule has 0 saturated heterocycles. The first kappa shape index (κ1) is 10.4. The largest absolute Gasteiger partial charge is 0.329 e. The molecule has 0 radical (unpaired) electrons. The topological polar surface area (TPSA) is 37.4 Å². The van der Waals surface area contributed by atoms with Gasteiger partial charge in [-0.1, -0.05) is 0 Å². The predicted molar refractivity (Wildman–Crippen MR) is 57.4 cm³/mol. The Kier molecular flexibility index (Phi) is 2.63. The van der Waals surface area contributed by atoms with Crippen LogP contribution < -0.4 is 0 Å². The van der Waals surface area contributed by atoms with E-state index in [4.69, 9.17) is 0 Å². The van der Waals surface area contributed by atoms with Gasteiger partial charge in [0.15, 0.2) is 5.78 Å². The molecule has 1 heterocycles. The van der Waals surface area contributed by atoms with Crippen LogP contribution in [0.15, 0.2) is 11.1 Å². The first-order chi connectivity index (χ1) is 7.11. The lowest BCUT2D eigenvalue weighted by Crippen LogP contribution is -2.46. The van der Waals surface area contributed by atoms with E-state index in [-0.39, 0.29) is 24.3 Å². The molecule has 0 saturated carbocycles. The Balaban J connectivity index is 2.35. The number of rotatable bonds is 1. The van der Waals surface area contributed by atoms with Crippen molar-refractivity contribution in [3.05, 3.63) is 11.1 Å². The van der Waals surface area contributed by atoms with Crippen LogP contribution in [-0.4, -0.2) is 29.2 Å². The number of hydrogen-bond acceptors (Lipinski definition) is 2. The highest BCUT2D eigenvalue weighted by Gasteiger charge is 2.34. The number of amides is 1. The second kappa shape index (κ2) is 3.80. The van der Waals surface area contributed by atoms with Crippen molar-refractivity contribution in [2.24, 2.45) is 0 Å². The van der Waals surface area contributed by atoms with Gasteiger partial charge < -0.3 is 4.90 Å². The highest BCUT2D eigenvalue weighted by Crippen LogP contribution is 2.30. The Labute approximate surface area is 90.1 Å². The fourth-order valence-corrected chi connectivity index (χ4v) is 2.36. The molecule has 0 aromatic carbocycles. The van der Waals surface area contributed by atoms with Crippen LogP contribution in [0.25, 0.3) is 0 Å². The quantitative estimate of drug-likeness (QED) is 0.656. The average Bonchev–Trinajstić information content (AvgIpc) is 2.23. The van der Waals surface area contributed by atoms with E-state index in [9.17, 15) is 9.59 Å². The number of carbonyl (C=O) groups is 2. The van der Waals surface area contributed by atoms with E-state index in [0.717, 1.165) is 36.8 Å². The second-order valence-corrected chi connectivity index (χ2v) is 4.61. The van der Waals surface area contributed by atoms with Crippen LogP contribution in [0.2, 0.25) is 0 Å². The van der Waals surface area contributed by atoms with Gasteiger partial charge in [0, 0.05) is 17.2 Å². The van der Waals surface area contributed by atoms with Gasteiger partial charge in [0.2, 0.25) is 0 Å². The summed E-state index contributed by atoms with van der Waals surface area (Å²) in [5, 5.41) is 0. The Morgan fingerprint density at radius 3 is 2.27 bits per heavy atom. The minimum Gasteiger partial charge on any atom is -0.329 e. The third kappa shape index (κ3) is 1.71. The van der Waals surface area contributed by atoms with Gasteiger partial charge >= 0.3 is 0 Å². The fraction of sp³-hybridized carbons (Fsp3) is 0.667. The standard InChI is InChI=1S/C12H17NO2/c1-8(2)13-7-11(14)9-5-3-4-6-10(9)12(13)15/h8H,3-7H2,1-2H3. The van der Waals surface area contributed by atoms with Gasteiger partial charge in [0.25, 0.3) is 5.91 Å². The van der Waals surface area contributed by atoms with E-state index >= 15 is 0 Å². The summed E-state index contributed by atoms with van der Waals surface area (Å²) in [6.07, 6.45) is 3.71. The maximum absolute atomic E-state index is 12.1. The van der Waals surface area contributed by atoms with Gasteiger partial charge in [-0.25, -0.2) is 0 Å². The zero-order valence-corrected chi connectivity index (χ0v) is 9.38. The Hall–Kier alpha value is -1.12. The highest BCUT2D eigenvalue weighted by molar-refractivity contribution is 6.11. The zero-order chi connectivity index (χ0) is 11.0. The van der Waals surface area contributed by atoms with Crippen LogP contribution in [0.4, 0.5) is 0 Å². The van der Waals surface area contributed by atoms with Crippen molar-refractivity contribution in [1.82, 2.24) is 4.90 Å². The van der Waals surface area contributed by atoms with Gasteiger partial charge in [-0.05, 0) is 39.5 Å². The Bertz CT molecular complexity index is 342. The summed E-state index contributed by atoms with van der Waals surface area (Å²) < 4.78 is 0. The Morgan fingerprint density at radius 1 is 1.07 bits per heavy atom. The molecule has 1 aliphatic heterocycles. The number of ketones is 1. The summed E-state index contributed by atoms with van der Waals surface area (Å²) in [4.78, 5) is 25.6. The normalized spacial score (nSPS) is 22.5. The van der Waals surface area contributed by atoms with Crippen molar-refractivity contribution < 1.29 is 9.59 Å². The molecule has 0 spiro atoms. The highest BCUT2D eigenvalue weighted by atomic mass is 16.2. The molecule has 1 aliphatic carbocycles. The number of carbonyl (C=O) groups excluding carboxylic acids is 2. The zero-order valence-electron chi connectivity index (χ0n) is 9.38. The van der Waals surface area contributed by atoms with Crippen molar-refractivity contribution in [3.8, 4) is 0 Å². The maximum atomic E-state index is 12.1. The van der Waals surface area contributed by atoms with Gasteiger partial charge in [-0.3, -0.25) is 9.59 Å². The van der Waals surface area contributed by atoms with Crippen molar-refractivity contribution in [1.29, 1.82) is 0 Å². The summed E-state index contributed by atoms with van der Waals surface area (Å²) in [6.45, 7) is 4.20. The fourth-order valence-electron chi connectivity index (χ4n) is 2.36. The SMILES string of the molecule is CC(C)N1CC(=O)C2=C(CCCC2)C1=O. The number of hydrogen-bond donors (Lipinski definition) is 0. The number of Topliss-reactive ketones (excluding diaryl/α,β-unsaturated/α-hetero) is 1. The lowest BCUT2D eigenvalue weighted by Gasteiger charge is -2.34. The third-order valence-corrected chi connectivity index (χ3v) is 3.26. The van der Waals surface area contributed by atoms with Gasteiger partial charge in [0.1, 0.15) is 0 Å². The summed E-state index contributed by atoms with van der Waals surface area (Å²) in [5.74, 6) is 0.261. The molecule has 1 amide bonds. The third-order valence-electron chi connectivity index (χ3n) is 3.26. The first-order valence-electron chi connectivity index (χ1n) is 5.67. The van der Waals surface area contributed by atoms with Crippen LogP contribution >= 0.6 is 0 Å². The lowest BCUT2D eigenvalue weighted by molar-refractivity contribution is -0.135. The molecule has 0 unspecified atom stereocenters. The monoisotopic (exact) mass is 207 g/mol. The Morgan fingerprint density at radius 2 is 1.67 bits per heavy atom. The maximum Gasteiger partial charge on any atom is 0.250 e. The predicted octanol–water partition coefficient (Wildman–Crippen LogP) is 1.68. The molecule has 3 nitrogen and oxygen atoms in total. The van der Waals surface area contributed by atoms with Crippen LogP contribution in [0.3, 0.4) is 0 Å². The smallest absolute Gasteiger partial charge is 0.250 e. The van der Waals surface area contributed by atoms with Crippen molar-refractivity contribution >= 4 is 11.7 Å². The van der Waals surface area contributed by atoms with Crippen LogP contribution in [0, 0.1) is 0 Å². The molecule has 3 heteroatoms. The minimum absolute atomic E-state index is 0.0966. The van der Waals surface area contributed by atoms with Crippen LogP contribution in [-0.2, 0) is 9.59 Å². The summed E-state index contributed by atoms with van der Waals surface area (Å²) in [6, 6.07) is 0.123. The minimum atomic E-state index is 0.0966. The van der Waals surface area contributed by atoms with Crippen LogP contribution in [0.5, 0.6) is 0 Å². The summed E-state index contributed by atoms with van der Waals surface area (Å²) >= 11 is 0. The summed E-state index contributed by atoms with van der Waals surface area (Å²) in [5.41, 5.74) is 1.62. The summed E-state index contributed by atoms with van der Waals surface area (Å²) in [7, 11) is 0. The molecule has 15 heavy (non-hydrogen) atoms. The van der Waals surface area contributed by atoms with Crippen LogP contribution in [0.1, 0.15) is 39.5 Å². The molecule has 2 aliphatic rings. The molecule has 0 bridgehead atoms. The average molecular weight is 207 g/mol. The molecule has 0 fully saturated rings. The van der Waals surface area contributed by atoms with E-state index in [2.05, 4.69) is 0 Å². The van der Waals surface area contributed by atoms with E-state index in [1.165, 1.54) is 0 Å². The van der Waals surface area contributed by atoms with Gasteiger partial charge in [0.05, 0.1) is 6.54 Å². The van der Waals surface area contributed by atoms with E-state index < -0.39 is 0 Å². The number of nitrogens with zero attached hydrogens (tertiary/aromatic N) is 1. The molecular formula is C12H17NO2. The molecule has 82 valence electrons. The van der Waals surface area contributed by atoms with Gasteiger partial charge in [-0.15, -0.1) is 0 Å². The second-order valence-electron chi connectivity index (χ2n) is 4.61. The molecule has 0 atom stereocenters. The van der Waals surface area contributed by atoms with Gasteiger partial charge in [-0.2, -0.15) is 0 Å². The lowest BCUT2D eigenvalue weighted by atomic mass is 9.85. The molecular weight excluding hydrogens is 190 g/mol. The van der Waals surface area contributed by atoms with Crippen molar-refractivity contribution in [3.63, 3.8) is 0 Å². The van der Waals surface area contributed by atoms with Crippen molar-refractivity contribution in [2.75, 3.05) is 6.54 Å². The van der Waals surface area contributed by atoms with E-state index in [1.807, 2.05) is 13.8 Å². The van der Waals surface area contributed by atoms with Crippen molar-refractivity contribution in [2.45, 2.75) is 45.6 Å². The molecule has 0 aromatic heterocycles. The molecule has 0 aromatic rings. The van der Waals surface area contributed by atoms with E-state index in [0.29, 0.717) is 0 Å². The first-order valence-corrected chi connectivity index (χ1v) is 5.67. The molecule has 2 rings (SSSR count).